The van der Waals surface area contributed by atoms with Gasteiger partial charge in [0.25, 0.3) is 0 Å². The lowest BCUT2D eigenvalue weighted by molar-refractivity contribution is -0.120. The summed E-state index contributed by atoms with van der Waals surface area (Å²) in [6.07, 6.45) is 5.04. The number of hydrogen-bond acceptors (Lipinski definition) is 4. The van der Waals surface area contributed by atoms with Gasteiger partial charge in [-0.15, -0.1) is 0 Å². The van der Waals surface area contributed by atoms with E-state index < -0.39 is 0 Å². The third-order valence-corrected chi connectivity index (χ3v) is 2.50. The topological polar surface area (TPSA) is 66.9 Å². The van der Waals surface area contributed by atoms with Crippen molar-refractivity contribution in [3.05, 3.63) is 18.6 Å². The fourth-order valence-corrected chi connectivity index (χ4v) is 1.67. The Morgan fingerprint density at radius 1 is 1.60 bits per heavy atom. The molecule has 1 aliphatic heterocycles. The van der Waals surface area contributed by atoms with Crippen LogP contribution in [-0.2, 0) is 4.79 Å². The zero-order valence-electron chi connectivity index (χ0n) is 8.44. The number of aromatic nitrogens is 2. The average molecular weight is 206 g/mol. The molecule has 1 aliphatic rings. The van der Waals surface area contributed by atoms with Crippen LogP contribution in [-0.4, -0.2) is 29.0 Å². The minimum Gasteiger partial charge on any atom is -0.316 e. The van der Waals surface area contributed by atoms with Crippen molar-refractivity contribution in [1.29, 1.82) is 0 Å². The number of nitrogens with one attached hydrogen (secondary N) is 2. The SMILES string of the molecule is O=C(Nc1ccncn1)C1CCCNC1. The van der Waals surface area contributed by atoms with Crippen LogP contribution in [0.3, 0.4) is 0 Å². The maximum absolute atomic E-state index is 11.8. The first kappa shape index (κ1) is 10.0. The van der Waals surface area contributed by atoms with Crippen LogP contribution in [0.5, 0.6) is 0 Å². The molecule has 0 bridgehead atoms. The number of anilines is 1. The second-order valence-corrected chi connectivity index (χ2v) is 3.63. The second kappa shape index (κ2) is 4.84. The summed E-state index contributed by atoms with van der Waals surface area (Å²) >= 11 is 0. The summed E-state index contributed by atoms with van der Waals surface area (Å²) in [5, 5.41) is 5.99. The molecular formula is C10H14N4O. The summed E-state index contributed by atoms with van der Waals surface area (Å²) in [5.41, 5.74) is 0. The van der Waals surface area contributed by atoms with Crippen molar-refractivity contribution < 1.29 is 4.79 Å². The van der Waals surface area contributed by atoms with Crippen LogP contribution in [0.4, 0.5) is 5.82 Å². The van der Waals surface area contributed by atoms with Crippen molar-refractivity contribution in [2.45, 2.75) is 12.8 Å². The normalized spacial score (nSPS) is 20.9. The van der Waals surface area contributed by atoms with E-state index in [1.165, 1.54) is 6.33 Å². The quantitative estimate of drug-likeness (QED) is 0.735. The lowest BCUT2D eigenvalue weighted by Crippen LogP contribution is -2.37. The van der Waals surface area contributed by atoms with Gasteiger partial charge in [-0.3, -0.25) is 4.79 Å². The lowest BCUT2D eigenvalue weighted by Gasteiger charge is -2.21. The van der Waals surface area contributed by atoms with Crippen LogP contribution < -0.4 is 10.6 Å². The molecule has 0 aliphatic carbocycles. The van der Waals surface area contributed by atoms with Crippen molar-refractivity contribution in [3.63, 3.8) is 0 Å². The van der Waals surface area contributed by atoms with E-state index >= 15 is 0 Å². The maximum atomic E-state index is 11.8. The number of carbonyl (C=O) groups excluding carboxylic acids is 1. The summed E-state index contributed by atoms with van der Waals surface area (Å²) in [5.74, 6) is 0.676. The molecule has 1 unspecified atom stereocenters. The van der Waals surface area contributed by atoms with Crippen LogP contribution in [0, 0.1) is 5.92 Å². The molecule has 15 heavy (non-hydrogen) atoms. The molecule has 2 N–H and O–H groups in total. The number of rotatable bonds is 2. The fraction of sp³-hybridized carbons (Fsp3) is 0.500. The zero-order valence-corrected chi connectivity index (χ0v) is 8.44. The Hall–Kier alpha value is -1.49. The van der Waals surface area contributed by atoms with E-state index in [9.17, 15) is 4.79 Å². The number of amides is 1. The van der Waals surface area contributed by atoms with Crippen LogP contribution in [0.1, 0.15) is 12.8 Å². The lowest BCUT2D eigenvalue weighted by atomic mass is 9.99. The Bertz CT molecular complexity index is 321. The van der Waals surface area contributed by atoms with Crippen molar-refractivity contribution in [1.82, 2.24) is 15.3 Å². The van der Waals surface area contributed by atoms with E-state index in [-0.39, 0.29) is 11.8 Å². The van der Waals surface area contributed by atoms with Gasteiger partial charge < -0.3 is 10.6 Å². The Balaban J connectivity index is 1.91. The van der Waals surface area contributed by atoms with Crippen molar-refractivity contribution >= 4 is 11.7 Å². The Morgan fingerprint density at radius 3 is 3.20 bits per heavy atom. The molecule has 0 saturated carbocycles. The molecule has 1 atom stereocenters. The Kier molecular flexibility index (Phi) is 3.24. The molecule has 2 heterocycles. The van der Waals surface area contributed by atoms with Gasteiger partial charge in [0.2, 0.25) is 5.91 Å². The van der Waals surface area contributed by atoms with Gasteiger partial charge in [-0.25, -0.2) is 9.97 Å². The van der Waals surface area contributed by atoms with Crippen molar-refractivity contribution in [2.75, 3.05) is 18.4 Å². The van der Waals surface area contributed by atoms with Gasteiger partial charge in [-0.2, -0.15) is 0 Å². The molecule has 80 valence electrons. The molecule has 2 rings (SSSR count). The highest BCUT2D eigenvalue weighted by Gasteiger charge is 2.20. The van der Waals surface area contributed by atoms with E-state index in [1.807, 2.05) is 0 Å². The van der Waals surface area contributed by atoms with E-state index in [2.05, 4.69) is 20.6 Å². The molecule has 1 saturated heterocycles. The monoisotopic (exact) mass is 206 g/mol. The second-order valence-electron chi connectivity index (χ2n) is 3.63. The zero-order chi connectivity index (χ0) is 10.5. The predicted octanol–water partition coefficient (Wildman–Crippen LogP) is 0.415. The van der Waals surface area contributed by atoms with Gasteiger partial charge in [0.1, 0.15) is 12.1 Å². The fourth-order valence-electron chi connectivity index (χ4n) is 1.67. The summed E-state index contributed by atoms with van der Waals surface area (Å²) in [6.45, 7) is 1.77. The summed E-state index contributed by atoms with van der Waals surface area (Å²) in [4.78, 5) is 19.5. The molecule has 5 nitrogen and oxygen atoms in total. The average Bonchev–Trinajstić information content (AvgIpc) is 2.31. The first-order chi connectivity index (χ1) is 7.36. The molecule has 1 aromatic heterocycles. The highest BCUT2D eigenvalue weighted by Crippen LogP contribution is 2.12. The van der Waals surface area contributed by atoms with E-state index in [0.717, 1.165) is 25.9 Å². The first-order valence-electron chi connectivity index (χ1n) is 5.14. The van der Waals surface area contributed by atoms with Gasteiger partial charge >= 0.3 is 0 Å². The summed E-state index contributed by atoms with van der Waals surface area (Å²) < 4.78 is 0. The molecule has 5 heteroatoms. The van der Waals surface area contributed by atoms with Gasteiger partial charge in [-0.05, 0) is 25.5 Å². The summed E-state index contributed by atoms with van der Waals surface area (Å²) in [6, 6.07) is 1.69. The van der Waals surface area contributed by atoms with Crippen LogP contribution in [0.15, 0.2) is 18.6 Å². The van der Waals surface area contributed by atoms with Crippen molar-refractivity contribution in [2.24, 2.45) is 5.92 Å². The smallest absolute Gasteiger partial charge is 0.229 e. The minimum absolute atomic E-state index is 0.0425. The summed E-state index contributed by atoms with van der Waals surface area (Å²) in [7, 11) is 0. The predicted molar refractivity (Wildman–Crippen MR) is 56.3 cm³/mol. The van der Waals surface area contributed by atoms with E-state index in [0.29, 0.717) is 5.82 Å². The molecule has 1 amide bonds. The van der Waals surface area contributed by atoms with Crippen molar-refractivity contribution in [3.8, 4) is 0 Å². The number of piperidine rings is 1. The van der Waals surface area contributed by atoms with Gasteiger partial charge in [0.05, 0.1) is 5.92 Å². The highest BCUT2D eigenvalue weighted by atomic mass is 16.2. The van der Waals surface area contributed by atoms with E-state index in [1.54, 1.807) is 12.3 Å². The van der Waals surface area contributed by atoms with Gasteiger partial charge in [-0.1, -0.05) is 0 Å². The first-order valence-corrected chi connectivity index (χ1v) is 5.14. The molecule has 1 aromatic rings. The van der Waals surface area contributed by atoms with Gasteiger partial charge in [0, 0.05) is 12.7 Å². The standard InChI is InChI=1S/C10H14N4O/c15-10(8-2-1-4-11-6-8)14-9-3-5-12-7-13-9/h3,5,7-8,11H,1-2,4,6H2,(H,12,13,14,15). The molecule has 0 spiro atoms. The highest BCUT2D eigenvalue weighted by molar-refractivity contribution is 5.91. The largest absolute Gasteiger partial charge is 0.316 e. The van der Waals surface area contributed by atoms with Crippen LogP contribution >= 0.6 is 0 Å². The number of carbonyl (C=O) groups is 1. The van der Waals surface area contributed by atoms with Crippen LogP contribution in [0.2, 0.25) is 0 Å². The molecule has 0 radical (unpaired) electrons. The van der Waals surface area contributed by atoms with Gasteiger partial charge in [0.15, 0.2) is 0 Å². The maximum Gasteiger partial charge on any atom is 0.229 e. The van der Waals surface area contributed by atoms with Crippen LogP contribution in [0.25, 0.3) is 0 Å². The minimum atomic E-state index is 0.0425. The third-order valence-electron chi connectivity index (χ3n) is 2.50. The number of nitrogens with zero attached hydrogens (tertiary/aromatic N) is 2. The molecule has 1 fully saturated rings. The molecular weight excluding hydrogens is 192 g/mol. The third kappa shape index (κ3) is 2.73. The number of hydrogen-bond donors (Lipinski definition) is 2. The molecule has 0 aromatic carbocycles. The Morgan fingerprint density at radius 2 is 2.53 bits per heavy atom. The van der Waals surface area contributed by atoms with E-state index in [4.69, 9.17) is 0 Å². The Labute approximate surface area is 88.3 Å².